The molecule has 9 heteroatoms. The van der Waals surface area contributed by atoms with Gasteiger partial charge in [-0.1, -0.05) is 47.5 Å². The van der Waals surface area contributed by atoms with Crippen molar-refractivity contribution in [3.05, 3.63) is 89.5 Å². The van der Waals surface area contributed by atoms with E-state index >= 15 is 0 Å². The van der Waals surface area contributed by atoms with Gasteiger partial charge in [0.15, 0.2) is 0 Å². The summed E-state index contributed by atoms with van der Waals surface area (Å²) in [6.45, 7) is 9.69. The number of aryl methyl sites for hydroxylation is 2. The van der Waals surface area contributed by atoms with Crippen LogP contribution < -0.4 is 14.4 Å². The molecule has 0 heterocycles. The van der Waals surface area contributed by atoms with Gasteiger partial charge in [-0.05, 0) is 76.6 Å². The number of ether oxygens (including phenoxy) is 1. The van der Waals surface area contributed by atoms with Crippen LogP contribution in [0.5, 0.6) is 5.75 Å². The van der Waals surface area contributed by atoms with Crippen molar-refractivity contribution in [2.45, 2.75) is 52.1 Å². The number of benzene rings is 3. The standard InChI is InChI=1S/C30H37N3O5S/c1-6-31-30(35)24(5)32(20-25-12-8-22(3)9-13-25)29(34)21-33(26-14-16-27(17-15-26)38-7-2)39(36,37)28-18-10-23(4)11-19-28/h8-19,24H,6-7,20-21H2,1-5H3,(H,31,35). The van der Waals surface area contributed by atoms with Gasteiger partial charge in [-0.25, -0.2) is 8.42 Å². The van der Waals surface area contributed by atoms with Gasteiger partial charge >= 0.3 is 0 Å². The highest BCUT2D eigenvalue weighted by Crippen LogP contribution is 2.27. The van der Waals surface area contributed by atoms with E-state index in [1.54, 1.807) is 50.2 Å². The second-order valence-corrected chi connectivity index (χ2v) is 11.2. The maximum Gasteiger partial charge on any atom is 0.264 e. The number of amides is 2. The van der Waals surface area contributed by atoms with E-state index in [1.807, 2.05) is 45.0 Å². The zero-order valence-electron chi connectivity index (χ0n) is 23.2. The summed E-state index contributed by atoms with van der Waals surface area (Å²) in [5, 5.41) is 2.76. The third kappa shape index (κ3) is 7.60. The molecule has 3 aromatic carbocycles. The average Bonchev–Trinajstić information content (AvgIpc) is 2.92. The van der Waals surface area contributed by atoms with Crippen molar-refractivity contribution in [1.82, 2.24) is 10.2 Å². The molecule has 0 spiro atoms. The van der Waals surface area contributed by atoms with Crippen molar-refractivity contribution >= 4 is 27.5 Å². The molecule has 0 aliphatic heterocycles. The first-order valence-electron chi connectivity index (χ1n) is 13.0. The molecule has 8 nitrogen and oxygen atoms in total. The highest BCUT2D eigenvalue weighted by molar-refractivity contribution is 7.92. The molecule has 0 bridgehead atoms. The highest BCUT2D eigenvalue weighted by atomic mass is 32.2. The van der Waals surface area contributed by atoms with E-state index in [1.165, 1.54) is 17.0 Å². The van der Waals surface area contributed by atoms with E-state index in [2.05, 4.69) is 5.32 Å². The second kappa shape index (κ2) is 13.3. The van der Waals surface area contributed by atoms with E-state index in [0.717, 1.165) is 21.0 Å². The Bertz CT molecular complexity index is 1360. The number of hydrogen-bond donors (Lipinski definition) is 1. The minimum atomic E-state index is -4.11. The van der Waals surface area contributed by atoms with Gasteiger partial charge in [0.2, 0.25) is 11.8 Å². The summed E-state index contributed by atoms with van der Waals surface area (Å²) in [4.78, 5) is 28.1. The molecule has 1 N–H and O–H groups in total. The van der Waals surface area contributed by atoms with Crippen molar-refractivity contribution < 1.29 is 22.7 Å². The summed E-state index contributed by atoms with van der Waals surface area (Å²) in [5.74, 6) is -0.225. The van der Waals surface area contributed by atoms with Gasteiger partial charge in [0, 0.05) is 13.1 Å². The lowest BCUT2D eigenvalue weighted by Crippen LogP contribution is -2.51. The minimum absolute atomic E-state index is 0.0663. The summed E-state index contributed by atoms with van der Waals surface area (Å²) < 4.78 is 34.3. The Morgan fingerprint density at radius 1 is 0.872 bits per heavy atom. The van der Waals surface area contributed by atoms with Crippen molar-refractivity contribution in [3.63, 3.8) is 0 Å². The number of carbonyl (C=O) groups excluding carboxylic acids is 2. The molecule has 3 aromatic rings. The molecule has 1 unspecified atom stereocenters. The van der Waals surface area contributed by atoms with Gasteiger partial charge in [0.1, 0.15) is 18.3 Å². The molecule has 39 heavy (non-hydrogen) atoms. The van der Waals surface area contributed by atoms with Crippen LogP contribution in [0.2, 0.25) is 0 Å². The molecule has 0 radical (unpaired) electrons. The van der Waals surface area contributed by atoms with Crippen LogP contribution in [0.4, 0.5) is 5.69 Å². The number of anilines is 1. The van der Waals surface area contributed by atoms with Crippen LogP contribution in [0.1, 0.15) is 37.5 Å². The third-order valence-corrected chi connectivity index (χ3v) is 8.10. The summed E-state index contributed by atoms with van der Waals surface area (Å²) >= 11 is 0. The molecule has 0 fully saturated rings. The van der Waals surface area contributed by atoms with Crippen molar-refractivity contribution in [2.24, 2.45) is 0 Å². The van der Waals surface area contributed by atoms with Gasteiger partial charge in [0.25, 0.3) is 10.0 Å². The summed E-state index contributed by atoms with van der Waals surface area (Å²) in [5.41, 5.74) is 3.13. The molecule has 0 saturated heterocycles. The van der Waals surface area contributed by atoms with Gasteiger partial charge < -0.3 is 15.0 Å². The quantitative estimate of drug-likeness (QED) is 0.359. The number of rotatable bonds is 12. The first kappa shape index (κ1) is 29.7. The summed E-state index contributed by atoms with van der Waals surface area (Å²) in [6.07, 6.45) is 0. The van der Waals surface area contributed by atoms with Crippen LogP contribution in [0, 0.1) is 13.8 Å². The molecule has 0 aliphatic carbocycles. The van der Waals surface area contributed by atoms with Crippen LogP contribution in [0.15, 0.2) is 77.7 Å². The van der Waals surface area contributed by atoms with Gasteiger partial charge in [-0.3, -0.25) is 13.9 Å². The Kier molecular flexibility index (Phi) is 10.1. The maximum atomic E-state index is 13.9. The van der Waals surface area contributed by atoms with Crippen LogP contribution in [-0.4, -0.2) is 50.9 Å². The molecule has 0 aliphatic rings. The van der Waals surface area contributed by atoms with E-state index in [0.29, 0.717) is 24.6 Å². The van der Waals surface area contributed by atoms with Crippen LogP contribution in [0.25, 0.3) is 0 Å². The van der Waals surface area contributed by atoms with E-state index in [4.69, 9.17) is 4.74 Å². The Morgan fingerprint density at radius 3 is 1.97 bits per heavy atom. The first-order valence-corrected chi connectivity index (χ1v) is 14.5. The predicted molar refractivity (Wildman–Crippen MR) is 153 cm³/mol. The SMILES string of the molecule is CCNC(=O)C(C)N(Cc1ccc(C)cc1)C(=O)CN(c1ccc(OCC)cc1)S(=O)(=O)c1ccc(C)cc1. The molecule has 0 saturated carbocycles. The average molecular weight is 552 g/mol. The Morgan fingerprint density at radius 2 is 1.44 bits per heavy atom. The lowest BCUT2D eigenvalue weighted by atomic mass is 10.1. The second-order valence-electron chi connectivity index (χ2n) is 9.33. The van der Waals surface area contributed by atoms with E-state index < -0.39 is 28.5 Å². The topological polar surface area (TPSA) is 96.0 Å². The number of nitrogens with zero attached hydrogens (tertiary/aromatic N) is 2. The Hall–Kier alpha value is -3.85. The van der Waals surface area contributed by atoms with Gasteiger partial charge in [-0.2, -0.15) is 0 Å². The van der Waals surface area contributed by atoms with Crippen molar-refractivity contribution in [2.75, 3.05) is 24.0 Å². The number of carbonyl (C=O) groups is 2. The van der Waals surface area contributed by atoms with E-state index in [-0.39, 0.29) is 17.3 Å². The molecule has 3 rings (SSSR count). The van der Waals surface area contributed by atoms with Crippen molar-refractivity contribution in [1.29, 1.82) is 0 Å². The largest absolute Gasteiger partial charge is 0.494 e. The third-order valence-electron chi connectivity index (χ3n) is 6.32. The number of likely N-dealkylation sites (N-methyl/N-ethyl adjacent to an activating group) is 1. The fraction of sp³-hybridized carbons (Fsp3) is 0.333. The van der Waals surface area contributed by atoms with Crippen LogP contribution in [-0.2, 0) is 26.2 Å². The highest BCUT2D eigenvalue weighted by Gasteiger charge is 2.32. The minimum Gasteiger partial charge on any atom is -0.494 e. The number of sulfonamides is 1. The zero-order valence-corrected chi connectivity index (χ0v) is 24.0. The first-order chi connectivity index (χ1) is 18.6. The normalized spacial score (nSPS) is 11.9. The molecule has 0 aromatic heterocycles. The smallest absolute Gasteiger partial charge is 0.264 e. The monoisotopic (exact) mass is 551 g/mol. The number of nitrogens with one attached hydrogen (secondary N) is 1. The van der Waals surface area contributed by atoms with Gasteiger partial charge in [0.05, 0.1) is 17.2 Å². The predicted octanol–water partition coefficient (Wildman–Crippen LogP) is 4.45. The molecule has 1 atom stereocenters. The van der Waals surface area contributed by atoms with Gasteiger partial charge in [-0.15, -0.1) is 0 Å². The molecule has 208 valence electrons. The molecule has 2 amide bonds. The van der Waals surface area contributed by atoms with Crippen LogP contribution >= 0.6 is 0 Å². The Balaban J connectivity index is 2.02. The lowest BCUT2D eigenvalue weighted by Gasteiger charge is -2.32. The summed E-state index contributed by atoms with van der Waals surface area (Å²) in [7, 11) is -4.11. The molecular weight excluding hydrogens is 514 g/mol. The fourth-order valence-electron chi connectivity index (χ4n) is 4.04. The fourth-order valence-corrected chi connectivity index (χ4v) is 5.45. The van der Waals surface area contributed by atoms with E-state index in [9.17, 15) is 18.0 Å². The van der Waals surface area contributed by atoms with Crippen molar-refractivity contribution in [3.8, 4) is 5.75 Å². The maximum absolute atomic E-state index is 13.9. The molecular formula is C30H37N3O5S. The lowest BCUT2D eigenvalue weighted by molar-refractivity contribution is -0.139. The summed E-state index contributed by atoms with van der Waals surface area (Å²) in [6, 6.07) is 19.9. The Labute approximate surface area is 231 Å². The zero-order chi connectivity index (χ0) is 28.6. The number of hydrogen-bond acceptors (Lipinski definition) is 5. The van der Waals surface area contributed by atoms with Crippen LogP contribution in [0.3, 0.4) is 0 Å².